The van der Waals surface area contributed by atoms with Gasteiger partial charge in [-0.3, -0.25) is 13.9 Å². The summed E-state index contributed by atoms with van der Waals surface area (Å²) in [5, 5.41) is 3.14. The molecule has 0 atom stereocenters. The molecule has 0 aliphatic rings. The predicted octanol–water partition coefficient (Wildman–Crippen LogP) is 3.52. The van der Waals surface area contributed by atoms with Crippen LogP contribution in [0.4, 0.5) is 5.69 Å². The third-order valence-electron chi connectivity index (χ3n) is 4.42. The number of hydrogen-bond acceptors (Lipinski definition) is 4. The molecule has 0 bridgehead atoms. The van der Waals surface area contributed by atoms with Crippen molar-refractivity contribution in [3.8, 4) is 11.5 Å². The first kappa shape index (κ1) is 19.8. The standard InChI is InChI=1S/C20H22ClN3O4/c1-4-9-23-15-7-5-6-8-16(15)24(20(23)26)12-19(25)22-14-11-17(27-2)13(21)10-18(14)28-3/h5-8,10-11H,4,9,12H2,1-3H3,(H,22,25). The summed E-state index contributed by atoms with van der Waals surface area (Å²) in [4.78, 5) is 25.5. The molecule has 0 radical (unpaired) electrons. The van der Waals surface area contributed by atoms with E-state index in [1.54, 1.807) is 16.7 Å². The van der Waals surface area contributed by atoms with Gasteiger partial charge in [-0.1, -0.05) is 30.7 Å². The number of amides is 1. The number of carbonyl (C=O) groups excluding carboxylic acids is 1. The maximum Gasteiger partial charge on any atom is 0.329 e. The van der Waals surface area contributed by atoms with Crippen molar-refractivity contribution >= 4 is 34.2 Å². The van der Waals surface area contributed by atoms with Gasteiger partial charge in [0.05, 0.1) is 36.0 Å². The summed E-state index contributed by atoms with van der Waals surface area (Å²) < 4.78 is 13.6. The summed E-state index contributed by atoms with van der Waals surface area (Å²) in [6, 6.07) is 10.6. The molecule has 0 fully saturated rings. The topological polar surface area (TPSA) is 74.5 Å². The highest BCUT2D eigenvalue weighted by Crippen LogP contribution is 2.35. The molecule has 0 saturated carbocycles. The Morgan fingerprint density at radius 1 is 1.07 bits per heavy atom. The zero-order chi connectivity index (χ0) is 20.3. The average molecular weight is 404 g/mol. The third-order valence-corrected chi connectivity index (χ3v) is 4.72. The molecule has 148 valence electrons. The number of hydrogen-bond donors (Lipinski definition) is 1. The largest absolute Gasteiger partial charge is 0.495 e. The van der Waals surface area contributed by atoms with Crippen molar-refractivity contribution in [3.05, 3.63) is 51.9 Å². The summed E-state index contributed by atoms with van der Waals surface area (Å²) in [7, 11) is 2.97. The molecule has 0 spiro atoms. The number of nitrogens with zero attached hydrogens (tertiary/aromatic N) is 2. The molecule has 1 aromatic heterocycles. The Morgan fingerprint density at radius 3 is 2.32 bits per heavy atom. The van der Waals surface area contributed by atoms with Crippen LogP contribution in [0.5, 0.6) is 11.5 Å². The second-order valence-electron chi connectivity index (χ2n) is 6.24. The normalized spacial score (nSPS) is 10.9. The summed E-state index contributed by atoms with van der Waals surface area (Å²) in [6.07, 6.45) is 0.821. The van der Waals surface area contributed by atoms with Crippen LogP contribution in [0.15, 0.2) is 41.2 Å². The SMILES string of the molecule is CCCn1c(=O)n(CC(=O)Nc2cc(OC)c(Cl)cc2OC)c2ccccc21. The Bertz CT molecular complexity index is 1070. The molecule has 1 amide bonds. The van der Waals surface area contributed by atoms with Crippen LogP contribution >= 0.6 is 11.6 Å². The van der Waals surface area contributed by atoms with E-state index in [0.29, 0.717) is 28.8 Å². The van der Waals surface area contributed by atoms with E-state index in [0.717, 1.165) is 17.5 Å². The molecule has 3 aromatic rings. The second-order valence-corrected chi connectivity index (χ2v) is 6.65. The Morgan fingerprint density at radius 2 is 1.71 bits per heavy atom. The number of nitrogens with one attached hydrogen (secondary N) is 1. The first-order valence-corrected chi connectivity index (χ1v) is 9.27. The molecule has 2 aromatic carbocycles. The lowest BCUT2D eigenvalue weighted by Crippen LogP contribution is -2.29. The van der Waals surface area contributed by atoms with Crippen molar-refractivity contribution < 1.29 is 14.3 Å². The van der Waals surface area contributed by atoms with Crippen molar-refractivity contribution in [3.63, 3.8) is 0 Å². The monoisotopic (exact) mass is 403 g/mol. The summed E-state index contributed by atoms with van der Waals surface area (Å²) >= 11 is 6.10. The lowest BCUT2D eigenvalue weighted by molar-refractivity contribution is -0.116. The fraction of sp³-hybridized carbons (Fsp3) is 0.300. The van der Waals surface area contributed by atoms with Crippen LogP contribution in [-0.4, -0.2) is 29.3 Å². The molecular formula is C20H22ClN3O4. The van der Waals surface area contributed by atoms with E-state index >= 15 is 0 Å². The van der Waals surface area contributed by atoms with Crippen molar-refractivity contribution in [2.45, 2.75) is 26.4 Å². The number of halogens is 1. The van der Waals surface area contributed by atoms with E-state index in [2.05, 4.69) is 5.32 Å². The minimum absolute atomic E-state index is 0.121. The van der Waals surface area contributed by atoms with Gasteiger partial charge in [0, 0.05) is 18.7 Å². The highest BCUT2D eigenvalue weighted by atomic mass is 35.5. The second kappa shape index (κ2) is 8.39. The fourth-order valence-corrected chi connectivity index (χ4v) is 3.39. The van der Waals surface area contributed by atoms with Crippen LogP contribution < -0.4 is 20.5 Å². The lowest BCUT2D eigenvalue weighted by atomic mass is 10.2. The molecule has 0 aliphatic carbocycles. The maximum absolute atomic E-state index is 12.8. The van der Waals surface area contributed by atoms with Crippen LogP contribution in [-0.2, 0) is 17.9 Å². The number of aromatic nitrogens is 2. The highest BCUT2D eigenvalue weighted by Gasteiger charge is 2.17. The molecular weight excluding hydrogens is 382 g/mol. The van der Waals surface area contributed by atoms with Crippen molar-refractivity contribution in [2.75, 3.05) is 19.5 Å². The lowest BCUT2D eigenvalue weighted by Gasteiger charge is -2.13. The number of aryl methyl sites for hydroxylation is 1. The third kappa shape index (κ3) is 3.71. The minimum Gasteiger partial charge on any atom is -0.495 e. The maximum atomic E-state index is 12.8. The van der Waals surface area contributed by atoms with E-state index in [1.807, 2.05) is 31.2 Å². The Labute approximate surface area is 167 Å². The van der Waals surface area contributed by atoms with Gasteiger partial charge in [0.15, 0.2) is 0 Å². The molecule has 3 rings (SSSR count). The molecule has 7 nitrogen and oxygen atoms in total. The van der Waals surface area contributed by atoms with Gasteiger partial charge in [0.2, 0.25) is 5.91 Å². The van der Waals surface area contributed by atoms with Gasteiger partial charge < -0.3 is 14.8 Å². The van der Waals surface area contributed by atoms with E-state index in [1.165, 1.54) is 18.8 Å². The number of carbonyl (C=O) groups is 1. The Balaban J connectivity index is 1.93. The first-order chi connectivity index (χ1) is 13.5. The van der Waals surface area contributed by atoms with E-state index < -0.39 is 0 Å². The number of methoxy groups -OCH3 is 2. The molecule has 1 heterocycles. The Kier molecular flexibility index (Phi) is 5.94. The van der Waals surface area contributed by atoms with Crippen LogP contribution in [0.1, 0.15) is 13.3 Å². The number of ether oxygens (including phenoxy) is 2. The van der Waals surface area contributed by atoms with Gasteiger partial charge in [-0.05, 0) is 18.6 Å². The van der Waals surface area contributed by atoms with Gasteiger partial charge in [-0.25, -0.2) is 4.79 Å². The number of anilines is 1. The summed E-state index contributed by atoms with van der Waals surface area (Å²) in [5.41, 5.74) is 1.74. The number of benzene rings is 2. The van der Waals surface area contributed by atoms with Gasteiger partial charge >= 0.3 is 5.69 Å². The highest BCUT2D eigenvalue weighted by molar-refractivity contribution is 6.32. The quantitative estimate of drug-likeness (QED) is 0.655. The molecule has 8 heteroatoms. The number of imidazole rings is 1. The van der Waals surface area contributed by atoms with Gasteiger partial charge in [0.1, 0.15) is 18.0 Å². The number of para-hydroxylation sites is 2. The number of fused-ring (bicyclic) bond motifs is 1. The zero-order valence-electron chi connectivity index (χ0n) is 16.0. The van der Waals surface area contributed by atoms with Crippen molar-refractivity contribution in [1.29, 1.82) is 0 Å². The van der Waals surface area contributed by atoms with Crippen LogP contribution in [0, 0.1) is 0 Å². The first-order valence-electron chi connectivity index (χ1n) is 8.89. The van der Waals surface area contributed by atoms with Crippen LogP contribution in [0.3, 0.4) is 0 Å². The van der Waals surface area contributed by atoms with E-state index in [9.17, 15) is 9.59 Å². The van der Waals surface area contributed by atoms with E-state index in [4.69, 9.17) is 21.1 Å². The molecule has 0 saturated heterocycles. The summed E-state index contributed by atoms with van der Waals surface area (Å²) in [6.45, 7) is 2.48. The van der Waals surface area contributed by atoms with Crippen LogP contribution in [0.25, 0.3) is 11.0 Å². The average Bonchev–Trinajstić information content (AvgIpc) is 2.95. The summed E-state index contributed by atoms with van der Waals surface area (Å²) in [5.74, 6) is 0.457. The zero-order valence-corrected chi connectivity index (χ0v) is 16.7. The Hall–Kier alpha value is -2.93. The van der Waals surface area contributed by atoms with Crippen molar-refractivity contribution in [1.82, 2.24) is 9.13 Å². The minimum atomic E-state index is -0.357. The van der Waals surface area contributed by atoms with Crippen molar-refractivity contribution in [2.24, 2.45) is 0 Å². The molecule has 1 N–H and O–H groups in total. The fourth-order valence-electron chi connectivity index (χ4n) is 3.16. The molecule has 0 aliphatic heterocycles. The van der Waals surface area contributed by atoms with E-state index in [-0.39, 0.29) is 18.1 Å². The smallest absolute Gasteiger partial charge is 0.329 e. The molecule has 28 heavy (non-hydrogen) atoms. The number of rotatable bonds is 7. The van der Waals surface area contributed by atoms with Gasteiger partial charge in [-0.15, -0.1) is 0 Å². The van der Waals surface area contributed by atoms with Crippen LogP contribution in [0.2, 0.25) is 5.02 Å². The molecule has 0 unspecified atom stereocenters. The van der Waals surface area contributed by atoms with Gasteiger partial charge in [-0.2, -0.15) is 0 Å². The van der Waals surface area contributed by atoms with Gasteiger partial charge in [0.25, 0.3) is 0 Å². The predicted molar refractivity (Wildman–Crippen MR) is 110 cm³/mol.